The highest BCUT2D eigenvalue weighted by atomic mass is 16.3. The van der Waals surface area contributed by atoms with Crippen LogP contribution in [0.15, 0.2) is 0 Å². The zero-order valence-electron chi connectivity index (χ0n) is 9.50. The van der Waals surface area contributed by atoms with Crippen LogP contribution in [-0.4, -0.2) is 48.8 Å². The van der Waals surface area contributed by atoms with Crippen LogP contribution in [0.1, 0.15) is 32.6 Å². The number of nitrogens with zero attached hydrogens (tertiary/aromatic N) is 1. The summed E-state index contributed by atoms with van der Waals surface area (Å²) in [6.45, 7) is 5.19. The van der Waals surface area contributed by atoms with Crippen molar-refractivity contribution >= 4 is 0 Å². The second-order valence-corrected chi connectivity index (χ2v) is 4.45. The van der Waals surface area contributed by atoms with Crippen molar-refractivity contribution in [2.75, 3.05) is 26.7 Å². The van der Waals surface area contributed by atoms with Crippen molar-refractivity contribution < 1.29 is 5.11 Å². The summed E-state index contributed by atoms with van der Waals surface area (Å²) in [5.74, 6) is 0. The summed E-state index contributed by atoms with van der Waals surface area (Å²) >= 11 is 0. The highest BCUT2D eigenvalue weighted by Crippen LogP contribution is 2.12. The van der Waals surface area contributed by atoms with Crippen molar-refractivity contribution in [2.24, 2.45) is 0 Å². The molecule has 0 spiro atoms. The Morgan fingerprint density at radius 1 is 1.43 bits per heavy atom. The van der Waals surface area contributed by atoms with Crippen LogP contribution in [-0.2, 0) is 0 Å². The number of hydrogen-bond donors (Lipinski definition) is 2. The van der Waals surface area contributed by atoms with Gasteiger partial charge in [0, 0.05) is 12.6 Å². The van der Waals surface area contributed by atoms with E-state index in [1.54, 1.807) is 0 Å². The van der Waals surface area contributed by atoms with Crippen LogP contribution in [0, 0.1) is 0 Å². The lowest BCUT2D eigenvalue weighted by Gasteiger charge is -2.27. The molecule has 0 radical (unpaired) electrons. The molecule has 0 aromatic heterocycles. The molecule has 0 aromatic rings. The average molecular weight is 200 g/mol. The van der Waals surface area contributed by atoms with Gasteiger partial charge in [-0.3, -0.25) is 0 Å². The standard InChI is InChI=1S/C11H24N2O/c1-10(14)6-9-13(2)11-4-3-7-12-8-5-11/h10-12,14H,3-9H2,1-2H3. The van der Waals surface area contributed by atoms with E-state index in [9.17, 15) is 5.11 Å². The van der Waals surface area contributed by atoms with Gasteiger partial charge in [0.2, 0.25) is 0 Å². The number of hydrogen-bond acceptors (Lipinski definition) is 3. The molecule has 1 aliphatic rings. The predicted molar refractivity (Wildman–Crippen MR) is 59.4 cm³/mol. The maximum Gasteiger partial charge on any atom is 0.0524 e. The number of aliphatic hydroxyl groups is 1. The summed E-state index contributed by atoms with van der Waals surface area (Å²) in [6.07, 6.45) is 4.55. The van der Waals surface area contributed by atoms with E-state index in [-0.39, 0.29) is 6.10 Å². The minimum Gasteiger partial charge on any atom is -0.393 e. The van der Waals surface area contributed by atoms with E-state index in [1.807, 2.05) is 6.92 Å². The first-order valence-corrected chi connectivity index (χ1v) is 5.79. The van der Waals surface area contributed by atoms with Crippen LogP contribution in [0.5, 0.6) is 0 Å². The fraction of sp³-hybridized carbons (Fsp3) is 1.00. The van der Waals surface area contributed by atoms with Crippen molar-refractivity contribution in [3.05, 3.63) is 0 Å². The maximum absolute atomic E-state index is 9.22. The summed E-state index contributed by atoms with van der Waals surface area (Å²) in [6, 6.07) is 0.712. The summed E-state index contributed by atoms with van der Waals surface area (Å²) < 4.78 is 0. The van der Waals surface area contributed by atoms with Crippen molar-refractivity contribution in [3.63, 3.8) is 0 Å². The van der Waals surface area contributed by atoms with Crippen LogP contribution in [0.4, 0.5) is 0 Å². The highest BCUT2D eigenvalue weighted by molar-refractivity contribution is 4.74. The first kappa shape index (κ1) is 12.0. The Hall–Kier alpha value is -0.120. The number of nitrogens with one attached hydrogen (secondary N) is 1. The van der Waals surface area contributed by atoms with E-state index in [1.165, 1.54) is 25.8 Å². The van der Waals surface area contributed by atoms with Gasteiger partial charge >= 0.3 is 0 Å². The SMILES string of the molecule is CC(O)CCN(C)C1CCCNCC1. The first-order chi connectivity index (χ1) is 6.70. The molecule has 0 aromatic carbocycles. The zero-order valence-corrected chi connectivity index (χ0v) is 9.50. The van der Waals surface area contributed by atoms with Gasteiger partial charge in [0.25, 0.3) is 0 Å². The third-order valence-electron chi connectivity index (χ3n) is 3.07. The summed E-state index contributed by atoms with van der Waals surface area (Å²) in [4.78, 5) is 2.40. The molecule has 0 amide bonds. The lowest BCUT2D eigenvalue weighted by molar-refractivity contribution is 0.145. The third-order valence-corrected chi connectivity index (χ3v) is 3.07. The van der Waals surface area contributed by atoms with Gasteiger partial charge in [-0.2, -0.15) is 0 Å². The molecule has 1 saturated heterocycles. The monoisotopic (exact) mass is 200 g/mol. The van der Waals surface area contributed by atoms with Gasteiger partial charge in [-0.1, -0.05) is 0 Å². The lowest BCUT2D eigenvalue weighted by atomic mass is 10.1. The fourth-order valence-corrected chi connectivity index (χ4v) is 2.01. The Bertz CT molecular complexity index is 142. The fourth-order valence-electron chi connectivity index (χ4n) is 2.01. The molecule has 3 heteroatoms. The Balaban J connectivity index is 2.23. The molecule has 2 atom stereocenters. The average Bonchev–Trinajstić information content (AvgIpc) is 2.42. The van der Waals surface area contributed by atoms with Gasteiger partial charge in [-0.25, -0.2) is 0 Å². The quantitative estimate of drug-likeness (QED) is 0.705. The van der Waals surface area contributed by atoms with Gasteiger partial charge in [0.15, 0.2) is 0 Å². The Labute approximate surface area is 87.5 Å². The van der Waals surface area contributed by atoms with E-state index < -0.39 is 0 Å². The zero-order chi connectivity index (χ0) is 10.4. The number of aliphatic hydroxyl groups excluding tert-OH is 1. The minimum atomic E-state index is -0.165. The van der Waals surface area contributed by atoms with Gasteiger partial charge in [0.1, 0.15) is 0 Å². The molecule has 84 valence electrons. The van der Waals surface area contributed by atoms with Gasteiger partial charge in [-0.15, -0.1) is 0 Å². The molecule has 1 rings (SSSR count). The van der Waals surface area contributed by atoms with E-state index in [2.05, 4.69) is 17.3 Å². The van der Waals surface area contributed by atoms with Crippen LogP contribution < -0.4 is 5.32 Å². The van der Waals surface area contributed by atoms with E-state index in [0.717, 1.165) is 19.5 Å². The van der Waals surface area contributed by atoms with E-state index in [4.69, 9.17) is 0 Å². The van der Waals surface area contributed by atoms with Crippen LogP contribution in [0.3, 0.4) is 0 Å². The molecular weight excluding hydrogens is 176 g/mol. The smallest absolute Gasteiger partial charge is 0.0524 e. The molecule has 0 aliphatic carbocycles. The minimum absolute atomic E-state index is 0.165. The topological polar surface area (TPSA) is 35.5 Å². The molecule has 2 N–H and O–H groups in total. The third kappa shape index (κ3) is 4.40. The van der Waals surface area contributed by atoms with E-state index >= 15 is 0 Å². The lowest BCUT2D eigenvalue weighted by Crippen LogP contribution is -2.34. The predicted octanol–water partition coefficient (Wildman–Crippen LogP) is 0.831. The second-order valence-electron chi connectivity index (χ2n) is 4.45. The molecule has 1 aliphatic heterocycles. The van der Waals surface area contributed by atoms with Crippen molar-refractivity contribution in [2.45, 2.75) is 44.8 Å². The molecule has 1 fully saturated rings. The van der Waals surface area contributed by atoms with E-state index in [0.29, 0.717) is 6.04 Å². The van der Waals surface area contributed by atoms with Gasteiger partial charge in [0.05, 0.1) is 6.10 Å². The Morgan fingerprint density at radius 2 is 2.21 bits per heavy atom. The molecule has 0 bridgehead atoms. The molecular formula is C11H24N2O. The first-order valence-electron chi connectivity index (χ1n) is 5.79. The summed E-state index contributed by atoms with van der Waals surface area (Å²) in [5.41, 5.74) is 0. The number of rotatable bonds is 4. The highest BCUT2D eigenvalue weighted by Gasteiger charge is 2.16. The van der Waals surface area contributed by atoms with Crippen molar-refractivity contribution in [3.8, 4) is 0 Å². The maximum atomic E-state index is 9.22. The molecule has 0 saturated carbocycles. The van der Waals surface area contributed by atoms with Gasteiger partial charge in [-0.05, 0) is 52.7 Å². The van der Waals surface area contributed by atoms with Crippen LogP contribution in [0.2, 0.25) is 0 Å². The molecule has 1 heterocycles. The normalized spacial score (nSPS) is 26.1. The Kier molecular flexibility index (Phi) is 5.45. The van der Waals surface area contributed by atoms with Crippen LogP contribution >= 0.6 is 0 Å². The van der Waals surface area contributed by atoms with Gasteiger partial charge < -0.3 is 15.3 Å². The second kappa shape index (κ2) is 6.38. The summed E-state index contributed by atoms with van der Waals surface area (Å²) in [7, 11) is 2.18. The largest absolute Gasteiger partial charge is 0.393 e. The molecule has 3 nitrogen and oxygen atoms in total. The molecule has 2 unspecified atom stereocenters. The molecule has 14 heavy (non-hydrogen) atoms. The van der Waals surface area contributed by atoms with Crippen LogP contribution in [0.25, 0.3) is 0 Å². The van der Waals surface area contributed by atoms with Crippen molar-refractivity contribution in [1.29, 1.82) is 0 Å². The summed E-state index contributed by atoms with van der Waals surface area (Å²) in [5, 5.41) is 12.6. The Morgan fingerprint density at radius 3 is 2.93 bits per heavy atom. The van der Waals surface area contributed by atoms with Crippen molar-refractivity contribution in [1.82, 2.24) is 10.2 Å².